The lowest BCUT2D eigenvalue weighted by Gasteiger charge is -1.99. The number of unbranched alkanes of at least 4 members (excludes halogenated alkanes) is 1. The minimum absolute atomic E-state index is 0.384. The van der Waals surface area contributed by atoms with Crippen LogP contribution in [0.4, 0.5) is 0 Å². The third-order valence-corrected chi connectivity index (χ3v) is 1.39. The van der Waals surface area contributed by atoms with Gasteiger partial charge in [0.2, 0.25) is 6.29 Å². The van der Waals surface area contributed by atoms with E-state index in [1.54, 1.807) is 6.29 Å². The average Bonchev–Trinajstić information content (AvgIpc) is 1.89. The van der Waals surface area contributed by atoms with E-state index in [1.807, 2.05) is 0 Å². The van der Waals surface area contributed by atoms with Gasteiger partial charge in [-0.2, -0.15) is 12.6 Å². The molecule has 0 saturated carbocycles. The molecule has 0 rings (SSSR count). The van der Waals surface area contributed by atoms with Gasteiger partial charge in [0.05, 0.1) is 6.04 Å². The molecular formula is C6H12NOS. The molecule has 0 bridgehead atoms. The van der Waals surface area contributed by atoms with Crippen molar-refractivity contribution in [3.05, 3.63) is 0 Å². The fourth-order valence-corrected chi connectivity index (χ4v) is 0.759. The molecule has 0 aromatic heterocycles. The van der Waals surface area contributed by atoms with Gasteiger partial charge in [0.25, 0.3) is 0 Å². The molecule has 2 nitrogen and oxygen atoms in total. The van der Waals surface area contributed by atoms with Crippen LogP contribution in [0.15, 0.2) is 0 Å². The van der Waals surface area contributed by atoms with Gasteiger partial charge in [-0.15, -0.1) is 0 Å². The fraction of sp³-hybridized carbons (Fsp3) is 0.833. The van der Waals surface area contributed by atoms with Crippen LogP contribution >= 0.6 is 12.6 Å². The minimum atomic E-state index is -0.384. The maximum absolute atomic E-state index is 9.83. The summed E-state index contributed by atoms with van der Waals surface area (Å²) in [4.78, 5) is 9.83. The molecule has 1 atom stereocenters. The van der Waals surface area contributed by atoms with Gasteiger partial charge in [-0.3, -0.25) is 4.79 Å². The van der Waals surface area contributed by atoms with Crippen LogP contribution in [0.3, 0.4) is 0 Å². The van der Waals surface area contributed by atoms with Crippen molar-refractivity contribution in [1.29, 1.82) is 0 Å². The van der Waals surface area contributed by atoms with Gasteiger partial charge in [0.1, 0.15) is 0 Å². The molecular weight excluding hydrogens is 134 g/mol. The first kappa shape index (κ1) is 8.98. The minimum Gasteiger partial charge on any atom is -0.321 e. The van der Waals surface area contributed by atoms with Crippen LogP contribution in [-0.4, -0.2) is 18.1 Å². The molecule has 3 heteroatoms. The number of thiol groups is 1. The molecule has 0 aromatic carbocycles. The highest BCUT2D eigenvalue weighted by atomic mass is 32.1. The van der Waals surface area contributed by atoms with E-state index in [4.69, 9.17) is 5.73 Å². The molecule has 2 N–H and O–H groups in total. The van der Waals surface area contributed by atoms with Crippen LogP contribution < -0.4 is 5.73 Å². The highest BCUT2D eigenvalue weighted by Crippen LogP contribution is 1.97. The van der Waals surface area contributed by atoms with Crippen LogP contribution in [-0.2, 0) is 4.79 Å². The largest absolute Gasteiger partial charge is 0.321 e. The molecule has 1 radical (unpaired) electrons. The lowest BCUT2D eigenvalue weighted by Crippen LogP contribution is -2.20. The van der Waals surface area contributed by atoms with E-state index in [1.165, 1.54) is 0 Å². The van der Waals surface area contributed by atoms with Crippen molar-refractivity contribution in [3.8, 4) is 0 Å². The summed E-state index contributed by atoms with van der Waals surface area (Å²) >= 11 is 4.01. The van der Waals surface area contributed by atoms with Gasteiger partial charge < -0.3 is 5.73 Å². The number of nitrogens with two attached hydrogens (primary N) is 1. The van der Waals surface area contributed by atoms with Crippen LogP contribution in [0.5, 0.6) is 0 Å². The Kier molecular flexibility index (Phi) is 6.09. The van der Waals surface area contributed by atoms with Gasteiger partial charge in [-0.25, -0.2) is 0 Å². The van der Waals surface area contributed by atoms with Crippen LogP contribution in [0, 0.1) is 0 Å². The molecule has 0 heterocycles. The summed E-state index contributed by atoms with van der Waals surface area (Å²) < 4.78 is 0. The van der Waals surface area contributed by atoms with Crippen LogP contribution in [0.1, 0.15) is 19.3 Å². The first-order chi connectivity index (χ1) is 4.31. The van der Waals surface area contributed by atoms with Crippen LogP contribution in [0.2, 0.25) is 0 Å². The zero-order chi connectivity index (χ0) is 7.11. The van der Waals surface area contributed by atoms with Crippen molar-refractivity contribution < 1.29 is 4.79 Å². The van der Waals surface area contributed by atoms with E-state index in [0.717, 1.165) is 25.0 Å². The van der Waals surface area contributed by atoms with Crippen molar-refractivity contribution >= 4 is 18.9 Å². The fourth-order valence-electron chi connectivity index (χ4n) is 0.535. The Balaban J connectivity index is 2.96. The molecule has 9 heavy (non-hydrogen) atoms. The number of hydrogen-bond donors (Lipinski definition) is 2. The number of carbonyl (C=O) groups excluding carboxylic acids is 1. The van der Waals surface area contributed by atoms with Crippen LogP contribution in [0.25, 0.3) is 0 Å². The van der Waals surface area contributed by atoms with Crippen molar-refractivity contribution in [2.75, 3.05) is 5.75 Å². The quantitative estimate of drug-likeness (QED) is 0.439. The zero-order valence-corrected chi connectivity index (χ0v) is 6.23. The van der Waals surface area contributed by atoms with E-state index >= 15 is 0 Å². The van der Waals surface area contributed by atoms with Gasteiger partial charge in [-0.1, -0.05) is 6.42 Å². The van der Waals surface area contributed by atoms with Crippen molar-refractivity contribution in [1.82, 2.24) is 0 Å². The summed E-state index contributed by atoms with van der Waals surface area (Å²) in [5, 5.41) is 0. The van der Waals surface area contributed by atoms with E-state index in [9.17, 15) is 4.79 Å². The molecule has 0 unspecified atom stereocenters. The standard InChI is InChI=1S/C6H12NOS/c7-6(5-8)3-1-2-4-9/h6,9H,1-4,7H2/t6-/m0/s1. The Morgan fingerprint density at radius 1 is 1.56 bits per heavy atom. The Morgan fingerprint density at radius 3 is 2.67 bits per heavy atom. The summed E-state index contributed by atoms with van der Waals surface area (Å²) in [6.45, 7) is 0. The second-order valence-corrected chi connectivity index (χ2v) is 2.39. The summed E-state index contributed by atoms with van der Waals surface area (Å²) in [6.07, 6.45) is 4.47. The van der Waals surface area contributed by atoms with E-state index < -0.39 is 0 Å². The van der Waals surface area contributed by atoms with Crippen molar-refractivity contribution in [2.45, 2.75) is 25.3 Å². The monoisotopic (exact) mass is 146 g/mol. The average molecular weight is 146 g/mol. The zero-order valence-electron chi connectivity index (χ0n) is 5.34. The topological polar surface area (TPSA) is 43.1 Å². The Bertz CT molecular complexity index is 77.5. The first-order valence-corrected chi connectivity index (χ1v) is 3.68. The molecule has 0 saturated heterocycles. The lowest BCUT2D eigenvalue weighted by molar-refractivity contribution is 0.531. The molecule has 0 spiro atoms. The Hall–Kier alpha value is -0.0200. The Morgan fingerprint density at radius 2 is 2.22 bits per heavy atom. The van der Waals surface area contributed by atoms with Gasteiger partial charge in [0.15, 0.2) is 0 Å². The maximum atomic E-state index is 9.83. The van der Waals surface area contributed by atoms with Crippen molar-refractivity contribution in [3.63, 3.8) is 0 Å². The predicted molar refractivity (Wildman–Crippen MR) is 41.4 cm³/mol. The van der Waals surface area contributed by atoms with E-state index in [0.29, 0.717) is 0 Å². The summed E-state index contributed by atoms with van der Waals surface area (Å²) in [6, 6.07) is -0.384. The van der Waals surface area contributed by atoms with E-state index in [-0.39, 0.29) is 6.04 Å². The van der Waals surface area contributed by atoms with Gasteiger partial charge in [0, 0.05) is 0 Å². The second-order valence-electron chi connectivity index (χ2n) is 1.94. The number of hydrogen-bond acceptors (Lipinski definition) is 3. The summed E-state index contributed by atoms with van der Waals surface area (Å²) in [5.41, 5.74) is 5.27. The lowest BCUT2D eigenvalue weighted by atomic mass is 10.1. The highest BCUT2D eigenvalue weighted by molar-refractivity contribution is 7.80. The molecule has 0 aliphatic rings. The summed E-state index contributed by atoms with van der Waals surface area (Å²) in [7, 11) is 0. The summed E-state index contributed by atoms with van der Waals surface area (Å²) in [5.74, 6) is 0.867. The molecule has 0 fully saturated rings. The van der Waals surface area contributed by atoms with Crippen molar-refractivity contribution in [2.24, 2.45) is 5.73 Å². The molecule has 0 aromatic rings. The maximum Gasteiger partial charge on any atom is 0.216 e. The van der Waals surface area contributed by atoms with E-state index in [2.05, 4.69) is 12.6 Å². The SMILES string of the molecule is N[C@H]([C]=O)CCCCS. The molecule has 0 aliphatic carbocycles. The normalized spacial score (nSPS) is 13.1. The smallest absolute Gasteiger partial charge is 0.216 e. The third-order valence-electron chi connectivity index (χ3n) is 1.07. The Labute approximate surface area is 61.2 Å². The molecule has 0 aliphatic heterocycles. The number of rotatable bonds is 5. The third kappa shape index (κ3) is 5.86. The second kappa shape index (κ2) is 6.11. The van der Waals surface area contributed by atoms with Gasteiger partial charge in [-0.05, 0) is 18.6 Å². The predicted octanol–water partition coefficient (Wildman–Crippen LogP) is 0.523. The van der Waals surface area contributed by atoms with Gasteiger partial charge >= 0.3 is 0 Å². The molecule has 53 valence electrons. The first-order valence-electron chi connectivity index (χ1n) is 3.05. The molecule has 0 amide bonds. The highest BCUT2D eigenvalue weighted by Gasteiger charge is 1.98.